The Labute approximate surface area is 159 Å². The first-order chi connectivity index (χ1) is 12.2. The molecule has 0 spiro atoms. The number of hydrogen-bond acceptors (Lipinski definition) is 5. The van der Waals surface area contributed by atoms with Crippen molar-refractivity contribution in [2.45, 2.75) is 29.1 Å². The molecule has 2 aliphatic rings. The molecule has 0 saturated heterocycles. The molecule has 4 nitrogen and oxygen atoms in total. The summed E-state index contributed by atoms with van der Waals surface area (Å²) >= 11 is -0.616. The molecule has 1 aromatic carbocycles. The minimum absolute atomic E-state index is 0.0484. The maximum Gasteiger partial charge on any atom is 0.475 e. The van der Waals surface area contributed by atoms with E-state index >= 15 is 0 Å². The van der Waals surface area contributed by atoms with Gasteiger partial charge in [-0.05, 0) is 40.1 Å². The maximum absolute atomic E-state index is 13.4. The summed E-state index contributed by atoms with van der Waals surface area (Å²) in [5.74, 6) is -1.17. The van der Waals surface area contributed by atoms with Gasteiger partial charge in [0, 0.05) is 18.4 Å². The van der Waals surface area contributed by atoms with Crippen molar-refractivity contribution in [2.24, 2.45) is 4.99 Å². The Bertz CT molecular complexity index is 867. The van der Waals surface area contributed by atoms with E-state index in [1.165, 1.54) is 6.07 Å². The van der Waals surface area contributed by atoms with Crippen LogP contribution < -0.4 is 4.74 Å². The van der Waals surface area contributed by atoms with Crippen LogP contribution in [0.25, 0.3) is 0 Å². The first-order valence-corrected chi connectivity index (χ1v) is 10.5. The fraction of sp³-hybridized carbons (Fsp3) is 0.250. The van der Waals surface area contributed by atoms with E-state index in [1.807, 2.05) is 4.08 Å². The van der Waals surface area contributed by atoms with Gasteiger partial charge in [-0.15, -0.1) is 0 Å². The van der Waals surface area contributed by atoms with E-state index in [2.05, 4.69) is 9.73 Å². The van der Waals surface area contributed by atoms with Crippen molar-refractivity contribution in [3.8, 4) is 5.75 Å². The van der Waals surface area contributed by atoms with Gasteiger partial charge < -0.3 is 4.74 Å². The quantitative estimate of drug-likeness (QED) is 0.338. The second-order valence-corrected chi connectivity index (χ2v) is 8.43. The SMILES string of the molecule is O=C(CCC(=O)c1ccc2c(c1)SC(F)(F)C(F)(F)O2)C1=NC=IC=C1. The highest BCUT2D eigenvalue weighted by molar-refractivity contribution is 14.2. The van der Waals surface area contributed by atoms with Crippen LogP contribution in [0.4, 0.5) is 17.6 Å². The van der Waals surface area contributed by atoms with Crippen molar-refractivity contribution in [3.63, 3.8) is 0 Å². The van der Waals surface area contributed by atoms with E-state index in [1.54, 1.807) is 10.2 Å². The molecule has 2 aliphatic heterocycles. The number of hydrogen-bond donors (Lipinski definition) is 0. The smallest absolute Gasteiger partial charge is 0.426 e. The lowest BCUT2D eigenvalue weighted by Gasteiger charge is -2.31. The molecule has 0 bridgehead atoms. The number of benzene rings is 1. The first-order valence-electron chi connectivity index (χ1n) is 7.22. The maximum atomic E-state index is 13.4. The lowest BCUT2D eigenvalue weighted by molar-refractivity contribution is -0.273. The predicted octanol–water partition coefficient (Wildman–Crippen LogP) is 4.59. The summed E-state index contributed by atoms with van der Waals surface area (Å²) in [7, 11) is 0. The standard InChI is InChI=1S/C16H10F4INO3S/c17-15(18)16(19,20)26-14-7-9(1-4-13(14)25-15)11(23)2-3-12(24)10-5-6-21-8-22-10/h1,4-8H,2-3H2. The topological polar surface area (TPSA) is 55.7 Å². The van der Waals surface area contributed by atoms with E-state index in [-0.39, 0.29) is 67.3 Å². The van der Waals surface area contributed by atoms with Gasteiger partial charge in [0.15, 0.2) is 11.6 Å². The van der Waals surface area contributed by atoms with Crippen LogP contribution in [0.3, 0.4) is 0 Å². The van der Waals surface area contributed by atoms with Crippen LogP contribution in [0.2, 0.25) is 0 Å². The second-order valence-electron chi connectivity index (χ2n) is 5.28. The van der Waals surface area contributed by atoms with Gasteiger partial charge in [-0.25, -0.2) is 4.99 Å². The van der Waals surface area contributed by atoms with E-state index in [0.29, 0.717) is 0 Å². The molecule has 0 saturated carbocycles. The molecule has 0 radical (unpaired) electrons. The fourth-order valence-corrected chi connectivity index (χ4v) is 4.19. The van der Waals surface area contributed by atoms with Crippen molar-refractivity contribution in [1.82, 2.24) is 0 Å². The highest BCUT2D eigenvalue weighted by atomic mass is 127. The monoisotopic (exact) mass is 499 g/mol. The molecule has 0 amide bonds. The molecule has 3 rings (SSSR count). The molecule has 0 unspecified atom stereocenters. The molecular formula is C16H10F4INO3S. The molecule has 0 atom stereocenters. The highest BCUT2D eigenvalue weighted by Gasteiger charge is 2.63. The van der Waals surface area contributed by atoms with Gasteiger partial charge in [-0.3, -0.25) is 9.59 Å². The fourth-order valence-electron chi connectivity index (χ4n) is 2.16. The molecule has 138 valence electrons. The molecule has 26 heavy (non-hydrogen) atoms. The molecule has 0 fully saturated rings. The van der Waals surface area contributed by atoms with Gasteiger partial charge in [0.2, 0.25) is 0 Å². The summed E-state index contributed by atoms with van der Waals surface area (Å²) in [5.41, 5.74) is 0.326. The minimum atomic E-state index is -4.63. The Morgan fingerprint density at radius 1 is 1.15 bits per heavy atom. The third kappa shape index (κ3) is 3.90. The van der Waals surface area contributed by atoms with Crippen molar-refractivity contribution in [1.29, 1.82) is 0 Å². The molecular weight excluding hydrogens is 489 g/mol. The Morgan fingerprint density at radius 2 is 1.88 bits per heavy atom. The van der Waals surface area contributed by atoms with E-state index in [9.17, 15) is 27.2 Å². The molecule has 0 aromatic heterocycles. The third-order valence-electron chi connectivity index (χ3n) is 3.48. The zero-order valence-electron chi connectivity index (χ0n) is 12.8. The number of halogens is 5. The Balaban J connectivity index is 1.70. The van der Waals surface area contributed by atoms with E-state index in [0.717, 1.165) is 12.1 Å². The van der Waals surface area contributed by atoms with Gasteiger partial charge in [-0.1, -0.05) is 20.7 Å². The summed E-state index contributed by atoms with van der Waals surface area (Å²) in [6.45, 7) is 0. The first kappa shape index (κ1) is 19.2. The Morgan fingerprint density at radius 3 is 2.58 bits per heavy atom. The van der Waals surface area contributed by atoms with Gasteiger partial charge in [0.05, 0.1) is 9.03 Å². The average Bonchev–Trinajstić information content (AvgIpc) is 2.60. The number of ether oxygens (including phenoxy) is 1. The van der Waals surface area contributed by atoms with Crippen LogP contribution >= 0.6 is 32.5 Å². The summed E-state index contributed by atoms with van der Waals surface area (Å²) in [6.07, 6.45) is -3.23. The number of thioether (sulfide) groups is 1. The number of aliphatic imine (C=N–C) groups is 1. The van der Waals surface area contributed by atoms with Crippen LogP contribution in [0.5, 0.6) is 5.75 Å². The van der Waals surface area contributed by atoms with Gasteiger partial charge in [0.1, 0.15) is 11.5 Å². The zero-order valence-corrected chi connectivity index (χ0v) is 15.8. The molecule has 0 aliphatic carbocycles. The number of rotatable bonds is 5. The number of Topliss-reactive ketones (excluding diaryl/α,β-unsaturated/α-hetero) is 2. The number of fused-ring (bicyclic) bond motifs is 1. The van der Waals surface area contributed by atoms with Crippen LogP contribution in [-0.4, -0.2) is 32.8 Å². The number of carbonyl (C=O) groups excluding carboxylic acids is 2. The van der Waals surface area contributed by atoms with Crippen LogP contribution in [0, 0.1) is 0 Å². The summed E-state index contributed by atoms with van der Waals surface area (Å²) < 4.78 is 60.8. The zero-order chi connectivity index (χ0) is 18.9. The third-order valence-corrected chi connectivity index (χ3v) is 5.89. The van der Waals surface area contributed by atoms with Gasteiger partial charge in [0.25, 0.3) is 0 Å². The summed E-state index contributed by atoms with van der Waals surface area (Å²) in [4.78, 5) is 27.9. The van der Waals surface area contributed by atoms with E-state index < -0.39 is 22.9 Å². The van der Waals surface area contributed by atoms with Gasteiger partial charge in [-0.2, -0.15) is 17.6 Å². The minimum Gasteiger partial charge on any atom is -0.426 e. The van der Waals surface area contributed by atoms with Crippen molar-refractivity contribution in [3.05, 3.63) is 33.9 Å². The molecule has 0 N–H and O–H groups in total. The summed E-state index contributed by atoms with van der Waals surface area (Å²) in [6, 6.07) is 3.33. The number of nitrogens with zero attached hydrogens (tertiary/aromatic N) is 1. The predicted molar refractivity (Wildman–Crippen MR) is 98.1 cm³/mol. The lowest BCUT2D eigenvalue weighted by Crippen LogP contribution is -2.45. The summed E-state index contributed by atoms with van der Waals surface area (Å²) in [5, 5.41) is -4.44. The van der Waals surface area contributed by atoms with Crippen LogP contribution in [-0.2, 0) is 4.79 Å². The second kappa shape index (κ2) is 7.22. The highest BCUT2D eigenvalue weighted by Crippen LogP contribution is 2.54. The van der Waals surface area contributed by atoms with Crippen molar-refractivity contribution >= 4 is 53.9 Å². The Hall–Kier alpha value is -1.56. The lowest BCUT2D eigenvalue weighted by atomic mass is 10.0. The van der Waals surface area contributed by atoms with Crippen molar-refractivity contribution < 1.29 is 31.9 Å². The normalized spacial score (nSPS) is 19.6. The number of allylic oxidation sites excluding steroid dienone is 1. The number of alkyl halides is 4. The van der Waals surface area contributed by atoms with Gasteiger partial charge >= 0.3 is 11.4 Å². The Kier molecular flexibility index (Phi) is 5.33. The van der Waals surface area contributed by atoms with Crippen LogP contribution in [0.1, 0.15) is 23.2 Å². The van der Waals surface area contributed by atoms with Crippen molar-refractivity contribution in [2.75, 3.05) is 0 Å². The number of ketones is 2. The molecule has 2 heterocycles. The molecule has 1 aromatic rings. The van der Waals surface area contributed by atoms with Crippen LogP contribution in [0.15, 0.2) is 38.2 Å². The van der Waals surface area contributed by atoms with E-state index in [4.69, 9.17) is 0 Å². The number of carbonyl (C=O) groups is 2. The largest absolute Gasteiger partial charge is 0.475 e. The molecule has 10 heteroatoms. The average molecular weight is 499 g/mol.